The number of hydrogen-bond acceptors (Lipinski definition) is 3. The number of methoxy groups -OCH3 is 1. The highest BCUT2D eigenvalue weighted by Gasteiger charge is 2.24. The summed E-state index contributed by atoms with van der Waals surface area (Å²) in [7, 11) is 1.66. The van der Waals surface area contributed by atoms with Crippen molar-refractivity contribution in [3.05, 3.63) is 29.8 Å². The Morgan fingerprint density at radius 2 is 2.20 bits per heavy atom. The maximum atomic E-state index is 5.72. The second-order valence-electron chi connectivity index (χ2n) is 3.47. The van der Waals surface area contributed by atoms with Crippen LogP contribution in [0.5, 0.6) is 5.75 Å². The lowest BCUT2D eigenvalue weighted by molar-refractivity contribution is 0.0528. The van der Waals surface area contributed by atoms with Gasteiger partial charge in [0.1, 0.15) is 12.0 Å². The zero-order valence-electron chi connectivity index (χ0n) is 8.57. The minimum atomic E-state index is -0.0420. The van der Waals surface area contributed by atoms with Gasteiger partial charge in [0.05, 0.1) is 13.2 Å². The van der Waals surface area contributed by atoms with Crippen molar-refractivity contribution in [3.63, 3.8) is 0 Å². The van der Waals surface area contributed by atoms with Gasteiger partial charge >= 0.3 is 0 Å². The summed E-state index contributed by atoms with van der Waals surface area (Å²) < 4.78 is 10.8. The van der Waals surface area contributed by atoms with E-state index >= 15 is 0 Å². The van der Waals surface area contributed by atoms with Crippen LogP contribution in [0.3, 0.4) is 0 Å². The lowest BCUT2D eigenvalue weighted by Gasteiger charge is -2.12. The van der Waals surface area contributed by atoms with Crippen LogP contribution in [0.1, 0.15) is 11.8 Å². The summed E-state index contributed by atoms with van der Waals surface area (Å²) in [6.45, 7) is 0.806. The van der Waals surface area contributed by atoms with Gasteiger partial charge < -0.3 is 9.47 Å². The smallest absolute Gasteiger partial charge is 0.134 e. The predicted octanol–water partition coefficient (Wildman–Crippen LogP) is 1.92. The number of ether oxygens (including phenoxy) is 2. The fourth-order valence-corrected chi connectivity index (χ4v) is 1.78. The Labute approximate surface area is 94.3 Å². The topological polar surface area (TPSA) is 30.5 Å². The number of rotatable bonds is 3. The Morgan fingerprint density at radius 1 is 1.47 bits per heavy atom. The van der Waals surface area contributed by atoms with Crippen LogP contribution in [0.4, 0.5) is 0 Å². The molecule has 0 aliphatic carbocycles. The Bertz CT molecular complexity index is 315. The summed E-state index contributed by atoms with van der Waals surface area (Å²) in [5, 5.41) is 3.26. The lowest BCUT2D eigenvalue weighted by Crippen LogP contribution is -2.15. The van der Waals surface area contributed by atoms with Gasteiger partial charge in [0, 0.05) is 12.4 Å². The van der Waals surface area contributed by atoms with E-state index in [1.165, 1.54) is 0 Å². The summed E-state index contributed by atoms with van der Waals surface area (Å²) in [5.74, 6) is 1.38. The first-order chi connectivity index (χ1) is 7.33. The van der Waals surface area contributed by atoms with E-state index in [2.05, 4.69) is 5.32 Å². The van der Waals surface area contributed by atoms with Crippen LogP contribution < -0.4 is 10.1 Å². The van der Waals surface area contributed by atoms with E-state index in [9.17, 15) is 0 Å². The molecule has 1 N–H and O–H groups in total. The summed E-state index contributed by atoms with van der Waals surface area (Å²) in [5.41, 5.74) is 1.10. The molecule has 0 aromatic heterocycles. The van der Waals surface area contributed by atoms with Crippen molar-refractivity contribution < 1.29 is 9.47 Å². The fraction of sp³-hybridized carbons (Fsp3) is 0.455. The van der Waals surface area contributed by atoms with Crippen LogP contribution in [0, 0.1) is 0 Å². The number of halogens is 1. The second kappa shape index (κ2) is 4.84. The predicted molar refractivity (Wildman–Crippen MR) is 59.3 cm³/mol. The van der Waals surface area contributed by atoms with Gasteiger partial charge in [-0.1, -0.05) is 12.1 Å². The first kappa shape index (κ1) is 10.7. The zero-order valence-corrected chi connectivity index (χ0v) is 9.33. The molecule has 0 saturated carbocycles. The number of nitrogens with one attached hydrogen (secondary N) is 1. The third-order valence-corrected chi connectivity index (χ3v) is 2.79. The maximum Gasteiger partial charge on any atom is 0.134 e. The first-order valence-electron chi connectivity index (χ1n) is 4.92. The van der Waals surface area contributed by atoms with Gasteiger partial charge in [-0.05, 0) is 17.7 Å². The summed E-state index contributed by atoms with van der Waals surface area (Å²) in [6.07, 6.45) is 0.0680. The van der Waals surface area contributed by atoms with Crippen molar-refractivity contribution in [1.82, 2.24) is 5.32 Å². The SMILES string of the molecule is COc1ccc([C@@H]2NC[C@@H](CCl)O2)cc1. The molecule has 1 saturated heterocycles. The first-order valence-corrected chi connectivity index (χ1v) is 5.45. The van der Waals surface area contributed by atoms with Crippen LogP contribution in [-0.4, -0.2) is 25.6 Å². The molecule has 1 fully saturated rings. The van der Waals surface area contributed by atoms with E-state index < -0.39 is 0 Å². The van der Waals surface area contributed by atoms with Gasteiger partial charge in [-0.25, -0.2) is 0 Å². The largest absolute Gasteiger partial charge is 0.497 e. The standard InChI is InChI=1S/C11H14ClNO2/c1-14-9-4-2-8(3-5-9)11-13-7-10(6-12)15-11/h2-5,10-11,13H,6-7H2,1H3/t10-,11-/m1/s1. The molecule has 3 nitrogen and oxygen atoms in total. The zero-order chi connectivity index (χ0) is 10.7. The highest BCUT2D eigenvalue weighted by atomic mass is 35.5. The van der Waals surface area contributed by atoms with Crippen LogP contribution in [0.15, 0.2) is 24.3 Å². The summed E-state index contributed by atoms with van der Waals surface area (Å²) in [4.78, 5) is 0. The van der Waals surface area contributed by atoms with E-state index in [4.69, 9.17) is 21.1 Å². The highest BCUT2D eigenvalue weighted by molar-refractivity contribution is 6.18. The molecular formula is C11H14ClNO2. The number of alkyl halides is 1. The summed E-state index contributed by atoms with van der Waals surface area (Å²) >= 11 is 5.72. The van der Waals surface area contributed by atoms with Crippen molar-refractivity contribution in [1.29, 1.82) is 0 Å². The van der Waals surface area contributed by atoms with E-state index in [1.807, 2.05) is 24.3 Å². The van der Waals surface area contributed by atoms with Crippen molar-refractivity contribution in [3.8, 4) is 5.75 Å². The van der Waals surface area contributed by atoms with Gasteiger partial charge in [0.2, 0.25) is 0 Å². The minimum absolute atomic E-state index is 0.0420. The van der Waals surface area contributed by atoms with Crippen LogP contribution >= 0.6 is 11.6 Å². The van der Waals surface area contributed by atoms with Crippen molar-refractivity contribution in [2.45, 2.75) is 12.3 Å². The highest BCUT2D eigenvalue weighted by Crippen LogP contribution is 2.23. The third kappa shape index (κ3) is 2.43. The van der Waals surface area contributed by atoms with Crippen LogP contribution in [-0.2, 0) is 4.74 Å². The molecule has 0 amide bonds. The molecular weight excluding hydrogens is 214 g/mol. The van der Waals surface area contributed by atoms with Crippen LogP contribution in [0.2, 0.25) is 0 Å². The Kier molecular flexibility index (Phi) is 3.46. The fourth-order valence-electron chi connectivity index (χ4n) is 1.59. The average Bonchev–Trinajstić information content (AvgIpc) is 2.78. The van der Waals surface area contributed by atoms with E-state index in [0.717, 1.165) is 17.9 Å². The van der Waals surface area contributed by atoms with Gasteiger partial charge in [-0.3, -0.25) is 5.32 Å². The van der Waals surface area contributed by atoms with Crippen molar-refractivity contribution in [2.75, 3.05) is 19.5 Å². The average molecular weight is 228 g/mol. The molecule has 0 unspecified atom stereocenters. The molecule has 2 rings (SSSR count). The van der Waals surface area contributed by atoms with Crippen molar-refractivity contribution in [2.24, 2.45) is 0 Å². The third-order valence-electron chi connectivity index (χ3n) is 2.45. The Hall–Kier alpha value is -0.770. The quantitative estimate of drug-likeness (QED) is 0.801. The van der Waals surface area contributed by atoms with E-state index in [0.29, 0.717) is 5.88 Å². The molecule has 1 aliphatic rings. The minimum Gasteiger partial charge on any atom is -0.497 e. The molecule has 0 radical (unpaired) electrons. The van der Waals surface area contributed by atoms with Gasteiger partial charge in [0.15, 0.2) is 0 Å². The molecule has 0 spiro atoms. The van der Waals surface area contributed by atoms with Crippen LogP contribution in [0.25, 0.3) is 0 Å². The monoisotopic (exact) mass is 227 g/mol. The van der Waals surface area contributed by atoms with Crippen molar-refractivity contribution >= 4 is 11.6 Å². The Balaban J connectivity index is 2.04. The molecule has 82 valence electrons. The van der Waals surface area contributed by atoms with Gasteiger partial charge in [-0.15, -0.1) is 11.6 Å². The molecule has 15 heavy (non-hydrogen) atoms. The van der Waals surface area contributed by atoms with Gasteiger partial charge in [-0.2, -0.15) is 0 Å². The second-order valence-corrected chi connectivity index (χ2v) is 3.78. The van der Waals surface area contributed by atoms with E-state index in [-0.39, 0.29) is 12.3 Å². The normalized spacial score (nSPS) is 25.5. The molecule has 1 aliphatic heterocycles. The maximum absolute atomic E-state index is 5.72. The molecule has 1 aromatic carbocycles. The molecule has 2 atom stereocenters. The molecule has 0 bridgehead atoms. The number of hydrogen-bond donors (Lipinski definition) is 1. The Morgan fingerprint density at radius 3 is 2.73 bits per heavy atom. The summed E-state index contributed by atoms with van der Waals surface area (Å²) in [6, 6.07) is 7.84. The molecule has 4 heteroatoms. The lowest BCUT2D eigenvalue weighted by atomic mass is 10.2. The number of benzene rings is 1. The molecule has 1 aromatic rings. The molecule has 1 heterocycles. The van der Waals surface area contributed by atoms with E-state index in [1.54, 1.807) is 7.11 Å². The van der Waals surface area contributed by atoms with Gasteiger partial charge in [0.25, 0.3) is 0 Å².